The summed E-state index contributed by atoms with van der Waals surface area (Å²) >= 11 is 0. The molecule has 0 amide bonds. The van der Waals surface area contributed by atoms with Crippen LogP contribution in [0.25, 0.3) is 0 Å². The quantitative estimate of drug-likeness (QED) is 0.776. The maximum Gasteiger partial charge on any atom is 0.0181 e. The van der Waals surface area contributed by atoms with Gasteiger partial charge >= 0.3 is 0 Å². The molecule has 0 bridgehead atoms. The van der Waals surface area contributed by atoms with Gasteiger partial charge in [0.1, 0.15) is 0 Å². The van der Waals surface area contributed by atoms with E-state index in [-0.39, 0.29) is 0 Å². The van der Waals surface area contributed by atoms with Crippen LogP contribution in [0.4, 0.5) is 0 Å². The van der Waals surface area contributed by atoms with Gasteiger partial charge in [-0.1, -0.05) is 26.2 Å². The summed E-state index contributed by atoms with van der Waals surface area (Å²) in [6.45, 7) is 7.49. The number of hydrogen-bond acceptors (Lipinski definition) is 2. The monoisotopic (exact) mass is 224 g/mol. The summed E-state index contributed by atoms with van der Waals surface area (Å²) in [7, 11) is 2.11. The largest absolute Gasteiger partial charge is 0.317 e. The van der Waals surface area contributed by atoms with E-state index >= 15 is 0 Å². The van der Waals surface area contributed by atoms with Gasteiger partial charge in [0.25, 0.3) is 0 Å². The van der Waals surface area contributed by atoms with Crippen molar-refractivity contribution in [2.75, 3.05) is 20.1 Å². The highest BCUT2D eigenvalue weighted by molar-refractivity contribution is 4.94. The highest BCUT2D eigenvalue weighted by Gasteiger charge is 2.37. The van der Waals surface area contributed by atoms with Crippen LogP contribution >= 0.6 is 0 Å². The molecule has 2 heteroatoms. The molecule has 1 aliphatic carbocycles. The molecule has 16 heavy (non-hydrogen) atoms. The fraction of sp³-hybridized carbons (Fsp3) is 1.00. The normalized spacial score (nSPS) is 36.2. The Hall–Kier alpha value is -0.0800. The van der Waals surface area contributed by atoms with E-state index in [0.717, 1.165) is 12.0 Å². The van der Waals surface area contributed by atoms with Crippen molar-refractivity contribution in [2.24, 2.45) is 5.92 Å². The second-order valence-corrected chi connectivity index (χ2v) is 6.16. The van der Waals surface area contributed by atoms with Gasteiger partial charge < -0.3 is 5.32 Å². The third-order valence-corrected chi connectivity index (χ3v) is 4.97. The molecular formula is C14H28N2. The molecule has 1 saturated heterocycles. The van der Waals surface area contributed by atoms with Crippen LogP contribution in [0.3, 0.4) is 0 Å². The molecule has 1 heterocycles. The first-order valence-corrected chi connectivity index (χ1v) is 7.08. The molecule has 2 atom stereocenters. The van der Waals surface area contributed by atoms with E-state index in [2.05, 4.69) is 31.1 Å². The zero-order chi connectivity index (χ0) is 11.6. The van der Waals surface area contributed by atoms with Crippen LogP contribution in [0.15, 0.2) is 0 Å². The van der Waals surface area contributed by atoms with E-state index < -0.39 is 0 Å². The SMILES string of the molecule is CNC1CCN(C2(C)CCCCC2)CC1C. The van der Waals surface area contributed by atoms with Crippen molar-refractivity contribution in [3.63, 3.8) is 0 Å². The Labute approximate surface area is 101 Å². The Morgan fingerprint density at radius 1 is 1.19 bits per heavy atom. The molecule has 0 spiro atoms. The van der Waals surface area contributed by atoms with Crippen LogP contribution in [0.1, 0.15) is 52.4 Å². The second-order valence-electron chi connectivity index (χ2n) is 6.16. The summed E-state index contributed by atoms with van der Waals surface area (Å²) < 4.78 is 0. The zero-order valence-corrected chi connectivity index (χ0v) is 11.3. The Kier molecular flexibility index (Phi) is 3.91. The van der Waals surface area contributed by atoms with Crippen LogP contribution in [0.5, 0.6) is 0 Å². The fourth-order valence-electron chi connectivity index (χ4n) is 3.69. The number of nitrogens with zero attached hydrogens (tertiary/aromatic N) is 1. The molecule has 1 aliphatic heterocycles. The summed E-state index contributed by atoms with van der Waals surface area (Å²) in [5, 5.41) is 3.46. The summed E-state index contributed by atoms with van der Waals surface area (Å²) in [6, 6.07) is 0.739. The van der Waals surface area contributed by atoms with Gasteiger partial charge in [-0.05, 0) is 39.2 Å². The first-order valence-electron chi connectivity index (χ1n) is 7.08. The Morgan fingerprint density at radius 2 is 1.88 bits per heavy atom. The van der Waals surface area contributed by atoms with Gasteiger partial charge in [-0.25, -0.2) is 0 Å². The van der Waals surface area contributed by atoms with Crippen LogP contribution in [0.2, 0.25) is 0 Å². The molecule has 2 nitrogen and oxygen atoms in total. The van der Waals surface area contributed by atoms with Gasteiger partial charge in [0.15, 0.2) is 0 Å². The van der Waals surface area contributed by atoms with Crippen LogP contribution in [-0.4, -0.2) is 36.6 Å². The Bertz CT molecular complexity index is 221. The molecule has 0 aromatic rings. The molecule has 2 aliphatic rings. The molecular weight excluding hydrogens is 196 g/mol. The van der Waals surface area contributed by atoms with Gasteiger partial charge in [0.2, 0.25) is 0 Å². The summed E-state index contributed by atoms with van der Waals surface area (Å²) in [5.41, 5.74) is 0.519. The fourth-order valence-corrected chi connectivity index (χ4v) is 3.69. The minimum atomic E-state index is 0.519. The van der Waals surface area contributed by atoms with E-state index in [1.807, 2.05) is 0 Å². The molecule has 0 radical (unpaired) electrons. The number of likely N-dealkylation sites (tertiary alicyclic amines) is 1. The van der Waals surface area contributed by atoms with Crippen LogP contribution in [0, 0.1) is 5.92 Å². The highest BCUT2D eigenvalue weighted by atomic mass is 15.2. The first kappa shape index (κ1) is 12.4. The number of piperidine rings is 1. The zero-order valence-electron chi connectivity index (χ0n) is 11.3. The lowest BCUT2D eigenvalue weighted by atomic mass is 9.79. The standard InChI is InChI=1S/C14H28N2/c1-12-11-16(10-7-13(12)15-3)14(2)8-5-4-6-9-14/h12-13,15H,4-11H2,1-3H3. The molecule has 1 N–H and O–H groups in total. The average molecular weight is 224 g/mol. The Balaban J connectivity index is 1.95. The third kappa shape index (κ3) is 2.43. The Morgan fingerprint density at radius 3 is 2.44 bits per heavy atom. The van der Waals surface area contributed by atoms with E-state index in [0.29, 0.717) is 5.54 Å². The number of rotatable bonds is 2. The second kappa shape index (κ2) is 5.05. The maximum atomic E-state index is 3.46. The first-order chi connectivity index (χ1) is 7.65. The molecule has 2 fully saturated rings. The third-order valence-electron chi connectivity index (χ3n) is 4.97. The average Bonchev–Trinajstić information content (AvgIpc) is 2.30. The summed E-state index contributed by atoms with van der Waals surface area (Å²) in [4.78, 5) is 2.78. The van der Waals surface area contributed by atoms with Gasteiger partial charge in [-0.2, -0.15) is 0 Å². The molecule has 94 valence electrons. The van der Waals surface area contributed by atoms with Crippen molar-refractivity contribution in [2.45, 2.75) is 64.0 Å². The smallest absolute Gasteiger partial charge is 0.0181 e. The number of hydrogen-bond donors (Lipinski definition) is 1. The van der Waals surface area contributed by atoms with E-state index in [9.17, 15) is 0 Å². The lowest BCUT2D eigenvalue weighted by molar-refractivity contribution is 0.0201. The minimum Gasteiger partial charge on any atom is -0.317 e. The van der Waals surface area contributed by atoms with Crippen molar-refractivity contribution in [1.82, 2.24) is 10.2 Å². The predicted molar refractivity (Wildman–Crippen MR) is 69.7 cm³/mol. The minimum absolute atomic E-state index is 0.519. The van der Waals surface area contributed by atoms with Crippen molar-refractivity contribution in [1.29, 1.82) is 0 Å². The van der Waals surface area contributed by atoms with Crippen LogP contribution in [-0.2, 0) is 0 Å². The summed E-state index contributed by atoms with van der Waals surface area (Å²) in [5.74, 6) is 0.803. The molecule has 1 saturated carbocycles. The van der Waals surface area contributed by atoms with Crippen molar-refractivity contribution in [3.05, 3.63) is 0 Å². The van der Waals surface area contributed by atoms with Gasteiger partial charge in [0, 0.05) is 24.7 Å². The van der Waals surface area contributed by atoms with Gasteiger partial charge in [-0.15, -0.1) is 0 Å². The lowest BCUT2D eigenvalue weighted by Gasteiger charge is -2.49. The van der Waals surface area contributed by atoms with Crippen molar-refractivity contribution in [3.8, 4) is 0 Å². The topological polar surface area (TPSA) is 15.3 Å². The molecule has 0 aromatic heterocycles. The highest BCUT2D eigenvalue weighted by Crippen LogP contribution is 2.35. The summed E-state index contributed by atoms with van der Waals surface area (Å²) in [6.07, 6.45) is 8.51. The van der Waals surface area contributed by atoms with Gasteiger partial charge in [-0.3, -0.25) is 4.90 Å². The number of nitrogens with one attached hydrogen (secondary N) is 1. The maximum absolute atomic E-state index is 3.46. The molecule has 2 rings (SSSR count). The van der Waals surface area contributed by atoms with E-state index in [1.165, 1.54) is 51.6 Å². The van der Waals surface area contributed by atoms with Crippen LogP contribution < -0.4 is 5.32 Å². The van der Waals surface area contributed by atoms with E-state index in [4.69, 9.17) is 0 Å². The van der Waals surface area contributed by atoms with Crippen molar-refractivity contribution >= 4 is 0 Å². The molecule has 2 unspecified atom stereocenters. The van der Waals surface area contributed by atoms with Crippen molar-refractivity contribution < 1.29 is 0 Å². The lowest BCUT2D eigenvalue weighted by Crippen LogP contribution is -2.56. The molecule has 0 aromatic carbocycles. The predicted octanol–water partition coefficient (Wildman–Crippen LogP) is 2.64. The van der Waals surface area contributed by atoms with E-state index in [1.54, 1.807) is 0 Å². The van der Waals surface area contributed by atoms with Gasteiger partial charge in [0.05, 0.1) is 0 Å².